The van der Waals surface area contributed by atoms with Gasteiger partial charge in [-0.05, 0) is 58.4 Å². The number of nitrogens with one attached hydrogen (secondary N) is 1. The second kappa shape index (κ2) is 9.03. The zero-order valence-electron chi connectivity index (χ0n) is 17.0. The average molecular weight is 479 g/mol. The van der Waals surface area contributed by atoms with Crippen molar-refractivity contribution in [2.24, 2.45) is 0 Å². The van der Waals surface area contributed by atoms with E-state index in [0.717, 1.165) is 71.3 Å². The Labute approximate surface area is 189 Å². The van der Waals surface area contributed by atoms with Crippen molar-refractivity contribution in [2.45, 2.75) is 0 Å². The molecule has 0 radical (unpaired) electrons. The van der Waals surface area contributed by atoms with Crippen LogP contribution < -0.4 is 9.64 Å². The summed E-state index contributed by atoms with van der Waals surface area (Å²) in [5, 5.41) is 0. The number of hydrogen-bond acceptors (Lipinski definition) is 6. The van der Waals surface area contributed by atoms with Gasteiger partial charge in [-0.3, -0.25) is 4.90 Å². The van der Waals surface area contributed by atoms with Gasteiger partial charge in [-0.15, -0.1) is 0 Å². The topological polar surface area (TPSA) is 70.2 Å². The number of halogens is 1. The van der Waals surface area contributed by atoms with Gasteiger partial charge in [0.15, 0.2) is 5.65 Å². The molecule has 1 aliphatic rings. The molecule has 158 valence electrons. The highest BCUT2D eigenvalue weighted by Gasteiger charge is 2.17. The smallest absolute Gasteiger partial charge is 0.157 e. The van der Waals surface area contributed by atoms with Gasteiger partial charge in [-0.2, -0.15) is 0 Å². The molecule has 0 unspecified atom stereocenters. The van der Waals surface area contributed by atoms with Gasteiger partial charge in [0.2, 0.25) is 0 Å². The van der Waals surface area contributed by atoms with Crippen LogP contribution in [-0.4, -0.2) is 64.2 Å². The van der Waals surface area contributed by atoms with Crippen molar-refractivity contribution in [3.63, 3.8) is 0 Å². The number of aromatic amines is 1. The molecule has 31 heavy (non-hydrogen) atoms. The van der Waals surface area contributed by atoms with Crippen molar-refractivity contribution < 1.29 is 4.74 Å². The number of piperazine rings is 1. The van der Waals surface area contributed by atoms with Crippen LogP contribution in [0.15, 0.2) is 65.4 Å². The summed E-state index contributed by atoms with van der Waals surface area (Å²) in [6.07, 6.45) is 3.62. The van der Waals surface area contributed by atoms with Gasteiger partial charge in [0.1, 0.15) is 29.5 Å². The predicted molar refractivity (Wildman–Crippen MR) is 125 cm³/mol. The first-order valence-corrected chi connectivity index (χ1v) is 11.2. The Morgan fingerprint density at radius 1 is 1.00 bits per heavy atom. The van der Waals surface area contributed by atoms with E-state index in [2.05, 4.69) is 51.7 Å². The number of aromatic nitrogens is 4. The van der Waals surface area contributed by atoms with E-state index in [9.17, 15) is 0 Å². The van der Waals surface area contributed by atoms with Crippen molar-refractivity contribution in [1.82, 2.24) is 24.8 Å². The summed E-state index contributed by atoms with van der Waals surface area (Å²) in [6.45, 7) is 5.63. The van der Waals surface area contributed by atoms with Crippen molar-refractivity contribution in [3.05, 3.63) is 65.4 Å². The fraction of sp³-hybridized carbons (Fsp3) is 0.261. The molecule has 1 aliphatic heterocycles. The molecule has 0 spiro atoms. The van der Waals surface area contributed by atoms with Gasteiger partial charge in [-0.25, -0.2) is 15.0 Å². The van der Waals surface area contributed by atoms with Crippen LogP contribution in [0, 0.1) is 0 Å². The van der Waals surface area contributed by atoms with Crippen LogP contribution >= 0.6 is 15.9 Å². The van der Waals surface area contributed by atoms with E-state index in [1.807, 2.05) is 48.7 Å². The number of anilines is 1. The minimum absolute atomic E-state index is 0.672. The minimum Gasteiger partial charge on any atom is -0.492 e. The second-order valence-electron chi connectivity index (χ2n) is 7.50. The number of benzene rings is 1. The maximum absolute atomic E-state index is 5.97. The molecule has 1 saturated heterocycles. The largest absolute Gasteiger partial charge is 0.492 e. The normalized spacial score (nSPS) is 14.8. The molecule has 7 nitrogen and oxygen atoms in total. The Morgan fingerprint density at radius 2 is 1.84 bits per heavy atom. The Bertz CT molecular complexity index is 1140. The lowest BCUT2D eigenvalue weighted by Crippen LogP contribution is -2.47. The van der Waals surface area contributed by atoms with Gasteiger partial charge < -0.3 is 14.6 Å². The maximum Gasteiger partial charge on any atom is 0.157 e. The zero-order chi connectivity index (χ0) is 21.0. The van der Waals surface area contributed by atoms with Gasteiger partial charge in [0.25, 0.3) is 0 Å². The summed E-state index contributed by atoms with van der Waals surface area (Å²) in [6, 6.07) is 16.0. The Kier molecular flexibility index (Phi) is 5.82. The molecule has 4 heterocycles. The highest BCUT2D eigenvalue weighted by molar-refractivity contribution is 9.10. The number of hydrogen-bond donors (Lipinski definition) is 1. The van der Waals surface area contributed by atoms with E-state index in [1.165, 1.54) is 0 Å². The quantitative estimate of drug-likeness (QED) is 0.451. The monoisotopic (exact) mass is 478 g/mol. The van der Waals surface area contributed by atoms with Crippen LogP contribution in [0.1, 0.15) is 0 Å². The molecular formula is C23H23BrN6O. The molecule has 8 heteroatoms. The van der Waals surface area contributed by atoms with Crippen LogP contribution in [0.25, 0.3) is 22.6 Å². The molecule has 5 rings (SSSR count). The summed E-state index contributed by atoms with van der Waals surface area (Å²) < 4.78 is 6.89. The van der Waals surface area contributed by atoms with Crippen LogP contribution in [0.2, 0.25) is 0 Å². The average Bonchev–Trinajstić information content (AvgIpc) is 3.24. The summed E-state index contributed by atoms with van der Waals surface area (Å²) in [7, 11) is 0. The predicted octanol–water partition coefficient (Wildman–Crippen LogP) is 3.98. The Balaban J connectivity index is 1.11. The van der Waals surface area contributed by atoms with E-state index in [-0.39, 0.29) is 0 Å². The first-order chi connectivity index (χ1) is 15.2. The van der Waals surface area contributed by atoms with E-state index in [1.54, 1.807) is 6.20 Å². The second-order valence-corrected chi connectivity index (χ2v) is 8.41. The molecule has 3 aromatic heterocycles. The summed E-state index contributed by atoms with van der Waals surface area (Å²) in [4.78, 5) is 21.5. The number of H-pyrrole nitrogens is 1. The fourth-order valence-electron chi connectivity index (χ4n) is 3.75. The first kappa shape index (κ1) is 20.0. The highest BCUT2D eigenvalue weighted by Crippen LogP contribution is 2.23. The number of pyridine rings is 2. The molecule has 0 aliphatic carbocycles. The first-order valence-electron chi connectivity index (χ1n) is 10.4. The fourth-order valence-corrected chi connectivity index (χ4v) is 4.07. The maximum atomic E-state index is 5.97. The van der Waals surface area contributed by atoms with Gasteiger partial charge >= 0.3 is 0 Å². The van der Waals surface area contributed by atoms with Crippen molar-refractivity contribution >= 4 is 32.9 Å². The lowest BCUT2D eigenvalue weighted by molar-refractivity contribution is 0.200. The molecular weight excluding hydrogens is 456 g/mol. The Hall–Kier alpha value is -2.97. The molecule has 0 atom stereocenters. The van der Waals surface area contributed by atoms with Crippen molar-refractivity contribution in [1.29, 1.82) is 0 Å². The third-order valence-corrected chi connectivity index (χ3v) is 5.89. The van der Waals surface area contributed by atoms with Crippen LogP contribution in [-0.2, 0) is 0 Å². The third-order valence-electron chi connectivity index (χ3n) is 5.45. The van der Waals surface area contributed by atoms with E-state index in [4.69, 9.17) is 4.74 Å². The number of nitrogens with zero attached hydrogens (tertiary/aromatic N) is 5. The standard InChI is InChI=1S/C23H23BrN6O/c24-18-15-20-23(26-16-18)28-22(27-20)17-4-6-19(7-5-17)31-14-13-29-9-11-30(12-10-29)21-3-1-2-8-25-21/h1-8,15-16H,9-14H2,(H,26,27,28). The Morgan fingerprint density at radius 3 is 2.61 bits per heavy atom. The SMILES string of the molecule is Brc1cnc2[nH]c(-c3ccc(OCCN4CCN(c5ccccn5)CC4)cc3)nc2c1. The van der Waals surface area contributed by atoms with E-state index in [0.29, 0.717) is 6.61 Å². The minimum atomic E-state index is 0.672. The lowest BCUT2D eigenvalue weighted by atomic mass is 10.2. The molecule has 0 bridgehead atoms. The van der Waals surface area contributed by atoms with Crippen LogP contribution in [0.4, 0.5) is 5.82 Å². The summed E-state index contributed by atoms with van der Waals surface area (Å²) >= 11 is 3.43. The van der Waals surface area contributed by atoms with Crippen molar-refractivity contribution in [2.75, 3.05) is 44.2 Å². The number of rotatable bonds is 6. The van der Waals surface area contributed by atoms with E-state index < -0.39 is 0 Å². The summed E-state index contributed by atoms with van der Waals surface area (Å²) in [5.41, 5.74) is 2.63. The van der Waals surface area contributed by atoms with Gasteiger partial charge in [0, 0.05) is 55.2 Å². The third kappa shape index (κ3) is 4.70. The van der Waals surface area contributed by atoms with Crippen LogP contribution in [0.5, 0.6) is 5.75 Å². The van der Waals surface area contributed by atoms with Gasteiger partial charge in [0.05, 0.1) is 0 Å². The van der Waals surface area contributed by atoms with Crippen LogP contribution in [0.3, 0.4) is 0 Å². The molecule has 4 aromatic rings. The molecule has 1 N–H and O–H groups in total. The molecule has 1 fully saturated rings. The molecule has 0 amide bonds. The van der Waals surface area contributed by atoms with Crippen molar-refractivity contribution in [3.8, 4) is 17.1 Å². The molecule has 0 saturated carbocycles. The number of imidazole rings is 1. The highest BCUT2D eigenvalue weighted by atomic mass is 79.9. The molecule has 1 aromatic carbocycles. The zero-order valence-corrected chi connectivity index (χ0v) is 18.6. The number of fused-ring (bicyclic) bond motifs is 1. The van der Waals surface area contributed by atoms with E-state index >= 15 is 0 Å². The van der Waals surface area contributed by atoms with Gasteiger partial charge in [-0.1, -0.05) is 6.07 Å². The lowest BCUT2D eigenvalue weighted by Gasteiger charge is -2.35. The number of ether oxygens (including phenoxy) is 1. The summed E-state index contributed by atoms with van der Waals surface area (Å²) in [5.74, 6) is 2.73.